The van der Waals surface area contributed by atoms with Gasteiger partial charge in [0.1, 0.15) is 17.3 Å². The van der Waals surface area contributed by atoms with Crippen molar-refractivity contribution in [2.45, 2.75) is 19.4 Å². The zero-order valence-corrected chi connectivity index (χ0v) is 17.3. The second kappa shape index (κ2) is 8.14. The largest absolute Gasteiger partial charge is 0.564 e. The van der Waals surface area contributed by atoms with Gasteiger partial charge in [0, 0.05) is 13.5 Å². The van der Waals surface area contributed by atoms with Gasteiger partial charge < -0.3 is 13.9 Å². The lowest BCUT2D eigenvalue weighted by atomic mass is 9.93. The van der Waals surface area contributed by atoms with Crippen molar-refractivity contribution >= 4 is 13.6 Å². The van der Waals surface area contributed by atoms with Gasteiger partial charge in [0.25, 0.3) is 0 Å². The molecule has 148 valence electrons. The molecule has 0 radical (unpaired) electrons. The van der Waals surface area contributed by atoms with Crippen molar-refractivity contribution in [3.05, 3.63) is 96.1 Å². The zero-order chi connectivity index (χ0) is 20.3. The Bertz CT molecular complexity index is 1010. The zero-order valence-electron chi connectivity index (χ0n) is 16.4. The predicted octanol–water partition coefficient (Wildman–Crippen LogP) is 5.90. The molecule has 6 heteroatoms. The number of nitrogens with zero attached hydrogens (tertiary/aromatic N) is 2. The number of para-hydroxylation sites is 2. The van der Waals surface area contributed by atoms with E-state index in [1.54, 1.807) is 24.3 Å². The fraction of sp³-hybridized carbons (Fsp3) is 0.174. The number of hydrogen-bond donors (Lipinski definition) is 0. The molecular weight excluding hydrogens is 383 g/mol. The Morgan fingerprint density at radius 3 is 1.97 bits per heavy atom. The van der Waals surface area contributed by atoms with Crippen LogP contribution in [0, 0.1) is 0 Å². The summed E-state index contributed by atoms with van der Waals surface area (Å²) in [5.74, 6) is 1.57. The van der Waals surface area contributed by atoms with Crippen molar-refractivity contribution < 1.29 is 13.6 Å². The van der Waals surface area contributed by atoms with Crippen LogP contribution in [0.4, 0.5) is 0 Å². The Balaban J connectivity index is 1.72. The molecule has 0 N–H and O–H groups in total. The molecule has 4 rings (SSSR count). The molecule has 3 aromatic rings. The summed E-state index contributed by atoms with van der Waals surface area (Å²) in [6.07, 6.45) is 0.567. The molecule has 1 aliphatic rings. The number of likely N-dealkylation sites (N-methyl/N-ethyl adjacent to an activating group) is 1. The molecular formula is C23H23N2O3P. The standard InChI is InChI=1S/C23H23N2O3P/c1-18-22-16-10-9-11-19(22)17-23(25(18)2)24-29(26,27-20-12-5-3-6-13-20)28-21-14-7-4-8-15-21/h3-16,18H,17H2,1-2H3/b24-23-. The first-order chi connectivity index (χ1) is 14.0. The summed E-state index contributed by atoms with van der Waals surface area (Å²) >= 11 is 0. The maximum absolute atomic E-state index is 13.7. The molecule has 1 unspecified atom stereocenters. The van der Waals surface area contributed by atoms with E-state index in [-0.39, 0.29) is 6.04 Å². The number of fused-ring (bicyclic) bond motifs is 1. The monoisotopic (exact) mass is 406 g/mol. The van der Waals surface area contributed by atoms with Crippen LogP contribution in [0.15, 0.2) is 89.7 Å². The summed E-state index contributed by atoms with van der Waals surface area (Å²) in [5, 5.41) is 0. The van der Waals surface area contributed by atoms with Gasteiger partial charge in [-0.05, 0) is 42.3 Å². The van der Waals surface area contributed by atoms with Gasteiger partial charge in [-0.15, -0.1) is 4.76 Å². The van der Waals surface area contributed by atoms with Crippen molar-refractivity contribution in [2.24, 2.45) is 4.76 Å². The third-order valence-electron chi connectivity index (χ3n) is 5.01. The Morgan fingerprint density at radius 2 is 1.38 bits per heavy atom. The van der Waals surface area contributed by atoms with Gasteiger partial charge in [0.15, 0.2) is 0 Å². The van der Waals surface area contributed by atoms with Crippen LogP contribution in [0.5, 0.6) is 11.5 Å². The van der Waals surface area contributed by atoms with Gasteiger partial charge in [0.05, 0.1) is 6.04 Å². The molecule has 0 fully saturated rings. The third-order valence-corrected chi connectivity index (χ3v) is 6.37. The summed E-state index contributed by atoms with van der Waals surface area (Å²) in [4.78, 5) is 2.03. The lowest BCUT2D eigenvalue weighted by Gasteiger charge is -2.35. The van der Waals surface area contributed by atoms with Crippen molar-refractivity contribution in [2.75, 3.05) is 7.05 Å². The van der Waals surface area contributed by atoms with Gasteiger partial charge in [-0.25, -0.2) is 4.57 Å². The van der Waals surface area contributed by atoms with Crippen LogP contribution in [-0.2, 0) is 11.0 Å². The van der Waals surface area contributed by atoms with Crippen molar-refractivity contribution in [3.63, 3.8) is 0 Å². The molecule has 1 atom stereocenters. The van der Waals surface area contributed by atoms with E-state index >= 15 is 0 Å². The van der Waals surface area contributed by atoms with E-state index in [9.17, 15) is 4.57 Å². The van der Waals surface area contributed by atoms with Crippen LogP contribution in [0.3, 0.4) is 0 Å². The van der Waals surface area contributed by atoms with Crippen molar-refractivity contribution in [3.8, 4) is 11.5 Å². The highest BCUT2D eigenvalue weighted by Gasteiger charge is 2.33. The van der Waals surface area contributed by atoms with Crippen molar-refractivity contribution in [1.82, 2.24) is 4.90 Å². The average Bonchev–Trinajstić information content (AvgIpc) is 2.73. The number of hydrogen-bond acceptors (Lipinski definition) is 3. The van der Waals surface area contributed by atoms with Gasteiger partial charge >= 0.3 is 7.75 Å². The van der Waals surface area contributed by atoms with E-state index in [4.69, 9.17) is 9.05 Å². The summed E-state index contributed by atoms with van der Waals surface area (Å²) < 4.78 is 29.9. The smallest absolute Gasteiger partial charge is 0.399 e. The molecule has 3 aromatic carbocycles. The fourth-order valence-electron chi connectivity index (χ4n) is 3.37. The first-order valence-electron chi connectivity index (χ1n) is 9.53. The van der Waals surface area contributed by atoms with E-state index in [1.165, 1.54) is 11.1 Å². The molecule has 1 heterocycles. The highest BCUT2D eigenvalue weighted by atomic mass is 31.2. The number of amidine groups is 1. The summed E-state index contributed by atoms with van der Waals surface area (Å²) in [7, 11) is -1.91. The normalized spacial score (nSPS) is 17.7. The van der Waals surface area contributed by atoms with Gasteiger partial charge in [0.2, 0.25) is 0 Å². The van der Waals surface area contributed by atoms with Crippen LogP contribution in [0.25, 0.3) is 0 Å². The molecule has 5 nitrogen and oxygen atoms in total. The Kier molecular flexibility index (Phi) is 5.41. The Morgan fingerprint density at radius 1 is 0.862 bits per heavy atom. The molecule has 0 bridgehead atoms. The minimum atomic E-state index is -3.86. The van der Waals surface area contributed by atoms with Crippen molar-refractivity contribution in [1.29, 1.82) is 0 Å². The highest BCUT2D eigenvalue weighted by Crippen LogP contribution is 2.51. The van der Waals surface area contributed by atoms with Gasteiger partial charge in [-0.3, -0.25) is 0 Å². The SMILES string of the molecule is CC1c2ccccc2C/C(=N/P(=O)(Oc2ccccc2)Oc2ccccc2)N1C. The Hall–Kier alpha value is -3.04. The highest BCUT2D eigenvalue weighted by molar-refractivity contribution is 7.53. The van der Waals surface area contributed by atoms with Gasteiger partial charge in [-0.1, -0.05) is 60.7 Å². The molecule has 0 spiro atoms. The van der Waals surface area contributed by atoms with E-state index in [2.05, 4.69) is 23.8 Å². The maximum atomic E-state index is 13.7. The predicted molar refractivity (Wildman–Crippen MR) is 116 cm³/mol. The third kappa shape index (κ3) is 4.36. The molecule has 0 aliphatic carbocycles. The van der Waals surface area contributed by atoms with Crippen LogP contribution in [0.2, 0.25) is 0 Å². The number of rotatable bonds is 5. The molecule has 0 aromatic heterocycles. The van der Waals surface area contributed by atoms with Crippen LogP contribution >= 0.6 is 7.75 Å². The topological polar surface area (TPSA) is 51.1 Å². The van der Waals surface area contributed by atoms with Crippen LogP contribution in [0.1, 0.15) is 24.1 Å². The Labute approximate surface area is 171 Å². The summed E-state index contributed by atoms with van der Waals surface area (Å²) in [6, 6.07) is 26.3. The second-order valence-corrected chi connectivity index (χ2v) is 8.46. The molecule has 1 aliphatic heterocycles. The molecule has 0 saturated carbocycles. The fourth-order valence-corrected chi connectivity index (χ4v) is 4.76. The molecule has 0 saturated heterocycles. The quantitative estimate of drug-likeness (QED) is 0.495. The molecule has 29 heavy (non-hydrogen) atoms. The number of benzene rings is 3. The minimum absolute atomic E-state index is 0.112. The average molecular weight is 406 g/mol. The summed E-state index contributed by atoms with van der Waals surface area (Å²) in [6.45, 7) is 2.11. The van der Waals surface area contributed by atoms with E-state index < -0.39 is 7.75 Å². The van der Waals surface area contributed by atoms with E-state index in [0.717, 1.165) is 0 Å². The second-order valence-electron chi connectivity index (χ2n) is 6.96. The van der Waals surface area contributed by atoms with Gasteiger partial charge in [-0.2, -0.15) is 0 Å². The van der Waals surface area contributed by atoms with E-state index in [1.807, 2.05) is 60.5 Å². The first kappa shape index (κ1) is 19.3. The maximum Gasteiger partial charge on any atom is 0.564 e. The summed E-state index contributed by atoms with van der Waals surface area (Å²) in [5.41, 5.74) is 2.42. The van der Waals surface area contributed by atoms with Crippen LogP contribution < -0.4 is 9.05 Å². The lowest BCUT2D eigenvalue weighted by molar-refractivity contribution is 0.371. The first-order valence-corrected chi connectivity index (χ1v) is 11.0. The van der Waals surface area contributed by atoms with Crippen LogP contribution in [-0.4, -0.2) is 17.8 Å². The molecule has 0 amide bonds. The minimum Gasteiger partial charge on any atom is -0.399 e. The lowest BCUT2D eigenvalue weighted by Crippen LogP contribution is -2.36. The van der Waals surface area contributed by atoms with E-state index in [0.29, 0.717) is 23.8 Å².